The summed E-state index contributed by atoms with van der Waals surface area (Å²) in [5, 5.41) is 9.40. The second-order valence-corrected chi connectivity index (χ2v) is 4.40. The molecule has 98 valence electrons. The van der Waals surface area contributed by atoms with Gasteiger partial charge >= 0.3 is 0 Å². The number of anilines is 1. The number of aryl methyl sites for hydroxylation is 1. The van der Waals surface area contributed by atoms with E-state index >= 15 is 0 Å². The number of phenolic OH excluding ortho intramolecular Hbond substituents is 1. The lowest BCUT2D eigenvalue weighted by atomic mass is 10.1. The largest absolute Gasteiger partial charge is 0.508 e. The molecular weight excluding hydrogens is 245 g/mol. The fraction of sp³-hybridized carbons (Fsp3) is 0.133. The van der Waals surface area contributed by atoms with Gasteiger partial charge in [-0.3, -0.25) is 4.79 Å². The van der Waals surface area contributed by atoms with E-state index in [9.17, 15) is 14.3 Å². The van der Waals surface area contributed by atoms with Crippen LogP contribution in [0.2, 0.25) is 0 Å². The number of hydrogen-bond acceptors (Lipinski definition) is 2. The Morgan fingerprint density at radius 2 is 1.95 bits per heavy atom. The monoisotopic (exact) mass is 259 g/mol. The van der Waals surface area contributed by atoms with Crippen LogP contribution in [0.5, 0.6) is 5.75 Å². The topological polar surface area (TPSA) is 40.5 Å². The first-order valence-corrected chi connectivity index (χ1v) is 5.81. The normalized spacial score (nSPS) is 10.3. The van der Waals surface area contributed by atoms with Crippen molar-refractivity contribution >= 4 is 11.6 Å². The molecule has 2 aromatic carbocycles. The van der Waals surface area contributed by atoms with Crippen LogP contribution < -0.4 is 4.90 Å². The first kappa shape index (κ1) is 13.1. The number of hydrogen-bond donors (Lipinski definition) is 1. The molecule has 0 aliphatic carbocycles. The highest BCUT2D eigenvalue weighted by atomic mass is 19.1. The van der Waals surface area contributed by atoms with Crippen molar-refractivity contribution < 1.29 is 14.3 Å². The van der Waals surface area contributed by atoms with Crippen LogP contribution >= 0.6 is 0 Å². The van der Waals surface area contributed by atoms with Crippen molar-refractivity contribution in [1.29, 1.82) is 0 Å². The molecule has 3 nitrogen and oxygen atoms in total. The summed E-state index contributed by atoms with van der Waals surface area (Å²) in [6.07, 6.45) is 0. The molecule has 4 heteroatoms. The number of halogens is 1. The van der Waals surface area contributed by atoms with Crippen molar-refractivity contribution in [3.05, 3.63) is 59.4 Å². The van der Waals surface area contributed by atoms with Gasteiger partial charge in [0.05, 0.1) is 0 Å². The number of aromatic hydroxyl groups is 1. The van der Waals surface area contributed by atoms with Crippen LogP contribution in [0.25, 0.3) is 0 Å². The lowest BCUT2D eigenvalue weighted by molar-refractivity contribution is 0.0992. The zero-order chi connectivity index (χ0) is 14.0. The first-order valence-electron chi connectivity index (χ1n) is 5.81. The Labute approximate surface area is 110 Å². The molecule has 1 amide bonds. The van der Waals surface area contributed by atoms with Gasteiger partial charge in [-0.15, -0.1) is 0 Å². The molecule has 2 aromatic rings. The van der Waals surface area contributed by atoms with E-state index in [4.69, 9.17) is 0 Å². The maximum Gasteiger partial charge on any atom is 0.258 e. The molecule has 0 saturated heterocycles. The Morgan fingerprint density at radius 1 is 1.21 bits per heavy atom. The molecule has 0 radical (unpaired) electrons. The van der Waals surface area contributed by atoms with Crippen molar-refractivity contribution in [2.75, 3.05) is 11.9 Å². The van der Waals surface area contributed by atoms with Crippen molar-refractivity contribution in [3.8, 4) is 5.75 Å². The lowest BCUT2D eigenvalue weighted by Crippen LogP contribution is -2.26. The average molecular weight is 259 g/mol. The minimum Gasteiger partial charge on any atom is -0.508 e. The number of carbonyl (C=O) groups excluding carboxylic acids is 1. The Hall–Kier alpha value is -2.36. The predicted molar refractivity (Wildman–Crippen MR) is 72.0 cm³/mol. The second-order valence-electron chi connectivity index (χ2n) is 4.40. The summed E-state index contributed by atoms with van der Waals surface area (Å²) < 4.78 is 13.3. The van der Waals surface area contributed by atoms with Gasteiger partial charge in [0.15, 0.2) is 0 Å². The van der Waals surface area contributed by atoms with Crippen LogP contribution in [0.4, 0.5) is 10.1 Å². The predicted octanol–water partition coefficient (Wildman–Crippen LogP) is 3.12. The van der Waals surface area contributed by atoms with E-state index in [0.29, 0.717) is 11.3 Å². The molecule has 0 aliphatic heterocycles. The molecule has 0 saturated carbocycles. The van der Waals surface area contributed by atoms with Crippen molar-refractivity contribution in [2.45, 2.75) is 6.92 Å². The third kappa shape index (κ3) is 2.91. The van der Waals surface area contributed by atoms with Crippen LogP contribution in [0.15, 0.2) is 42.5 Å². The molecule has 1 N–H and O–H groups in total. The maximum atomic E-state index is 13.3. The highest BCUT2D eigenvalue weighted by molar-refractivity contribution is 6.05. The summed E-state index contributed by atoms with van der Waals surface area (Å²) in [6.45, 7) is 1.73. The van der Waals surface area contributed by atoms with Crippen molar-refractivity contribution in [1.82, 2.24) is 0 Å². The van der Waals surface area contributed by atoms with E-state index in [1.54, 1.807) is 32.2 Å². The van der Waals surface area contributed by atoms with Gasteiger partial charge in [-0.05, 0) is 42.8 Å². The van der Waals surface area contributed by atoms with E-state index in [2.05, 4.69) is 0 Å². The maximum absolute atomic E-state index is 13.3. The number of phenols is 1. The minimum atomic E-state index is -0.437. The fourth-order valence-corrected chi connectivity index (χ4v) is 1.87. The zero-order valence-electron chi connectivity index (χ0n) is 10.7. The van der Waals surface area contributed by atoms with E-state index < -0.39 is 5.82 Å². The molecule has 0 atom stereocenters. The fourth-order valence-electron chi connectivity index (χ4n) is 1.87. The molecule has 0 heterocycles. The van der Waals surface area contributed by atoms with E-state index in [1.165, 1.54) is 29.2 Å². The molecule has 19 heavy (non-hydrogen) atoms. The molecule has 0 bridgehead atoms. The Morgan fingerprint density at radius 3 is 2.58 bits per heavy atom. The van der Waals surface area contributed by atoms with Crippen LogP contribution in [-0.4, -0.2) is 18.1 Å². The molecule has 0 aliphatic rings. The zero-order valence-corrected chi connectivity index (χ0v) is 10.7. The smallest absolute Gasteiger partial charge is 0.258 e. The molecule has 0 aromatic heterocycles. The van der Waals surface area contributed by atoms with Gasteiger partial charge in [0.2, 0.25) is 0 Å². The van der Waals surface area contributed by atoms with Crippen molar-refractivity contribution in [2.24, 2.45) is 0 Å². The Balaban J connectivity index is 2.33. The van der Waals surface area contributed by atoms with Crippen LogP contribution in [0, 0.1) is 12.7 Å². The van der Waals surface area contributed by atoms with E-state index in [1.807, 2.05) is 0 Å². The van der Waals surface area contributed by atoms with Crippen molar-refractivity contribution in [3.63, 3.8) is 0 Å². The van der Waals surface area contributed by atoms with E-state index in [0.717, 1.165) is 0 Å². The van der Waals surface area contributed by atoms with Crippen LogP contribution in [-0.2, 0) is 0 Å². The third-order valence-corrected chi connectivity index (χ3v) is 2.81. The van der Waals surface area contributed by atoms with Gasteiger partial charge in [-0.25, -0.2) is 4.39 Å². The summed E-state index contributed by atoms with van der Waals surface area (Å²) in [6, 6.07) is 10.5. The number of amides is 1. The molecular formula is C15H14FNO2. The van der Waals surface area contributed by atoms with Gasteiger partial charge in [0.25, 0.3) is 5.91 Å². The molecule has 0 spiro atoms. The van der Waals surface area contributed by atoms with Gasteiger partial charge in [0, 0.05) is 24.4 Å². The van der Waals surface area contributed by atoms with E-state index in [-0.39, 0.29) is 17.2 Å². The minimum absolute atomic E-state index is 0.0765. The quantitative estimate of drug-likeness (QED) is 0.900. The van der Waals surface area contributed by atoms with Gasteiger partial charge < -0.3 is 10.0 Å². The number of benzene rings is 2. The van der Waals surface area contributed by atoms with Crippen LogP contribution in [0.3, 0.4) is 0 Å². The van der Waals surface area contributed by atoms with Crippen LogP contribution in [0.1, 0.15) is 15.9 Å². The van der Waals surface area contributed by atoms with Gasteiger partial charge in [-0.2, -0.15) is 0 Å². The van der Waals surface area contributed by atoms with Gasteiger partial charge in [-0.1, -0.05) is 6.07 Å². The summed E-state index contributed by atoms with van der Waals surface area (Å²) >= 11 is 0. The molecule has 0 fully saturated rings. The Kier molecular flexibility index (Phi) is 3.51. The highest BCUT2D eigenvalue weighted by Crippen LogP contribution is 2.21. The first-order chi connectivity index (χ1) is 8.97. The average Bonchev–Trinajstić information content (AvgIpc) is 2.36. The third-order valence-electron chi connectivity index (χ3n) is 2.81. The second kappa shape index (κ2) is 5.10. The number of carbonyl (C=O) groups is 1. The number of nitrogens with zero attached hydrogens (tertiary/aromatic N) is 1. The Bertz CT molecular complexity index is 605. The molecule has 0 unspecified atom stereocenters. The number of rotatable bonds is 2. The summed E-state index contributed by atoms with van der Waals surface area (Å²) in [7, 11) is 1.58. The van der Waals surface area contributed by atoms with Gasteiger partial charge in [0.1, 0.15) is 11.6 Å². The highest BCUT2D eigenvalue weighted by Gasteiger charge is 2.15. The lowest BCUT2D eigenvalue weighted by Gasteiger charge is -2.18. The summed E-state index contributed by atoms with van der Waals surface area (Å²) in [5.41, 5.74) is 1.52. The summed E-state index contributed by atoms with van der Waals surface area (Å²) in [5.74, 6) is -0.687. The summed E-state index contributed by atoms with van der Waals surface area (Å²) in [4.78, 5) is 13.6. The SMILES string of the molecule is Cc1cc(F)cc(C(=O)N(C)c2cccc(O)c2)c1. The molecule has 2 rings (SSSR count). The standard InChI is InChI=1S/C15H14FNO2/c1-10-6-11(8-12(16)7-10)15(19)17(2)13-4-3-5-14(18)9-13/h3-9,18H,1-2H3.